The molecule has 3 aromatic rings. The molecule has 5 rings (SSSR count). The van der Waals surface area contributed by atoms with Crippen molar-refractivity contribution in [3.8, 4) is 11.3 Å². The number of hydrogen-bond donors (Lipinski definition) is 2. The summed E-state index contributed by atoms with van der Waals surface area (Å²) < 4.78 is 0. The number of fused-ring (bicyclic) bond motifs is 1. The molecule has 6 nitrogen and oxygen atoms in total. The predicted molar refractivity (Wildman–Crippen MR) is 127 cm³/mol. The maximum Gasteiger partial charge on any atom is 0.270 e. The van der Waals surface area contributed by atoms with Gasteiger partial charge in [-0.1, -0.05) is 18.9 Å². The zero-order chi connectivity index (χ0) is 22.6. The molecule has 0 saturated heterocycles. The van der Waals surface area contributed by atoms with Crippen molar-refractivity contribution in [2.24, 2.45) is 0 Å². The van der Waals surface area contributed by atoms with E-state index in [9.17, 15) is 9.90 Å². The van der Waals surface area contributed by atoms with E-state index in [2.05, 4.69) is 21.4 Å². The van der Waals surface area contributed by atoms with Crippen molar-refractivity contribution in [3.05, 3.63) is 77.0 Å². The van der Waals surface area contributed by atoms with E-state index in [1.165, 1.54) is 5.56 Å². The number of nitrogens with zero attached hydrogens (tertiary/aromatic N) is 3. The largest absolute Gasteiger partial charge is 0.391 e. The lowest BCUT2D eigenvalue weighted by Crippen LogP contribution is -2.45. The number of carbonyl (C=O) groups excluding carboxylic acids is 1. The van der Waals surface area contributed by atoms with Crippen LogP contribution in [0.25, 0.3) is 11.3 Å². The van der Waals surface area contributed by atoms with Crippen molar-refractivity contribution in [2.45, 2.75) is 69.9 Å². The van der Waals surface area contributed by atoms with Crippen LogP contribution in [0.1, 0.15) is 71.4 Å². The summed E-state index contributed by atoms with van der Waals surface area (Å²) in [6.07, 6.45) is 13.5. The Morgan fingerprint density at radius 3 is 2.73 bits per heavy atom. The Morgan fingerprint density at radius 2 is 1.94 bits per heavy atom. The van der Waals surface area contributed by atoms with E-state index in [-0.39, 0.29) is 11.9 Å². The molecule has 2 aliphatic carbocycles. The number of carbonyl (C=O) groups is 1. The highest BCUT2D eigenvalue weighted by Gasteiger charge is 2.26. The molecule has 6 heteroatoms. The Morgan fingerprint density at radius 1 is 1.06 bits per heavy atom. The van der Waals surface area contributed by atoms with Gasteiger partial charge in [-0.15, -0.1) is 0 Å². The topological polar surface area (TPSA) is 88.0 Å². The monoisotopic (exact) mass is 442 g/mol. The highest BCUT2D eigenvalue weighted by atomic mass is 16.3. The molecule has 0 radical (unpaired) electrons. The van der Waals surface area contributed by atoms with Gasteiger partial charge in [0.1, 0.15) is 5.69 Å². The van der Waals surface area contributed by atoms with Crippen LogP contribution < -0.4 is 5.32 Å². The Labute approximate surface area is 194 Å². The molecule has 3 aromatic heterocycles. The molecule has 2 atom stereocenters. The Kier molecular flexibility index (Phi) is 6.44. The Balaban J connectivity index is 1.39. The number of aliphatic hydroxyl groups excluding tert-OH is 1. The number of hydrogen-bond acceptors (Lipinski definition) is 5. The zero-order valence-electron chi connectivity index (χ0n) is 18.8. The van der Waals surface area contributed by atoms with Crippen molar-refractivity contribution in [1.29, 1.82) is 0 Å². The van der Waals surface area contributed by atoms with Crippen molar-refractivity contribution in [3.63, 3.8) is 0 Å². The van der Waals surface area contributed by atoms with Crippen molar-refractivity contribution < 1.29 is 9.90 Å². The summed E-state index contributed by atoms with van der Waals surface area (Å²) in [4.78, 5) is 26.6. The molecule has 170 valence electrons. The number of pyridine rings is 3. The second-order valence-corrected chi connectivity index (χ2v) is 9.20. The minimum Gasteiger partial charge on any atom is -0.391 e. The first-order valence-corrected chi connectivity index (χ1v) is 12.0. The minimum absolute atomic E-state index is 0.180. The molecule has 33 heavy (non-hydrogen) atoms. The van der Waals surface area contributed by atoms with Crippen LogP contribution in [0.5, 0.6) is 0 Å². The zero-order valence-corrected chi connectivity index (χ0v) is 18.8. The first-order chi connectivity index (χ1) is 16.2. The van der Waals surface area contributed by atoms with Gasteiger partial charge >= 0.3 is 0 Å². The smallest absolute Gasteiger partial charge is 0.270 e. The third kappa shape index (κ3) is 4.96. The number of nitrogens with one attached hydrogen (secondary N) is 1. The summed E-state index contributed by atoms with van der Waals surface area (Å²) in [6, 6.07) is 9.80. The van der Waals surface area contributed by atoms with Gasteiger partial charge in [0.25, 0.3) is 5.91 Å². The summed E-state index contributed by atoms with van der Waals surface area (Å²) in [5.41, 5.74) is 6.95. The van der Waals surface area contributed by atoms with Gasteiger partial charge in [-0.2, -0.15) is 0 Å². The number of aliphatic hydroxyl groups is 1. The first-order valence-electron chi connectivity index (χ1n) is 12.0. The highest BCUT2D eigenvalue weighted by Crippen LogP contribution is 2.27. The van der Waals surface area contributed by atoms with Gasteiger partial charge in [0.05, 0.1) is 17.8 Å². The van der Waals surface area contributed by atoms with Gasteiger partial charge in [0.2, 0.25) is 0 Å². The van der Waals surface area contributed by atoms with Crippen LogP contribution in [-0.2, 0) is 19.3 Å². The van der Waals surface area contributed by atoms with E-state index < -0.39 is 6.10 Å². The Hall–Kier alpha value is -3.12. The Bertz CT molecular complexity index is 1110. The van der Waals surface area contributed by atoms with E-state index in [1.807, 2.05) is 36.7 Å². The standard InChI is InChI=1S/C27H30N4O2/c32-26-10-4-3-9-24(26)31-27(33)25-15-20(21-7-1-2-8-23(21)30-25)14-18-11-12-22(29-16-18)19-6-5-13-28-17-19/h5-6,11-13,15-17,24,26,32H,1-4,7-10,14H2,(H,31,33)/t24-,26-/m0/s1. The van der Waals surface area contributed by atoms with Crippen molar-refractivity contribution in [1.82, 2.24) is 20.3 Å². The van der Waals surface area contributed by atoms with Crippen molar-refractivity contribution in [2.75, 3.05) is 0 Å². The van der Waals surface area contributed by atoms with Crippen LogP contribution in [0.3, 0.4) is 0 Å². The molecular weight excluding hydrogens is 412 g/mol. The molecular formula is C27H30N4O2. The van der Waals surface area contributed by atoms with Crippen LogP contribution in [0.2, 0.25) is 0 Å². The van der Waals surface area contributed by atoms with E-state index >= 15 is 0 Å². The van der Waals surface area contributed by atoms with Crippen LogP contribution in [-0.4, -0.2) is 38.1 Å². The molecule has 1 saturated carbocycles. The molecule has 0 spiro atoms. The summed E-state index contributed by atoms with van der Waals surface area (Å²) in [7, 11) is 0. The fourth-order valence-corrected chi connectivity index (χ4v) is 5.02. The molecule has 2 aliphatic rings. The summed E-state index contributed by atoms with van der Waals surface area (Å²) >= 11 is 0. The first kappa shape index (κ1) is 21.7. The number of aryl methyl sites for hydroxylation is 1. The molecule has 0 aromatic carbocycles. The maximum atomic E-state index is 13.0. The second-order valence-electron chi connectivity index (χ2n) is 9.20. The maximum absolute atomic E-state index is 13.0. The number of amides is 1. The van der Waals surface area contributed by atoms with Gasteiger partial charge < -0.3 is 10.4 Å². The fraction of sp³-hybridized carbons (Fsp3) is 0.407. The molecule has 3 heterocycles. The lowest BCUT2D eigenvalue weighted by Gasteiger charge is -2.28. The van der Waals surface area contributed by atoms with Gasteiger partial charge in [-0.3, -0.25) is 14.8 Å². The molecule has 0 unspecified atom stereocenters. The lowest BCUT2D eigenvalue weighted by molar-refractivity contribution is 0.0713. The molecule has 1 fully saturated rings. The van der Waals surface area contributed by atoms with Crippen LogP contribution >= 0.6 is 0 Å². The van der Waals surface area contributed by atoms with Gasteiger partial charge in [-0.05, 0) is 85.9 Å². The van der Waals surface area contributed by atoms with Crippen LogP contribution in [0.15, 0.2) is 48.9 Å². The third-order valence-electron chi connectivity index (χ3n) is 6.85. The quantitative estimate of drug-likeness (QED) is 0.623. The number of rotatable bonds is 5. The second kappa shape index (κ2) is 9.79. The van der Waals surface area contributed by atoms with Gasteiger partial charge in [0.15, 0.2) is 0 Å². The van der Waals surface area contributed by atoms with Gasteiger partial charge in [-0.25, -0.2) is 4.98 Å². The summed E-state index contributed by atoms with van der Waals surface area (Å²) in [5, 5.41) is 13.3. The lowest BCUT2D eigenvalue weighted by atomic mass is 9.89. The molecule has 1 amide bonds. The average molecular weight is 443 g/mol. The van der Waals surface area contributed by atoms with Gasteiger partial charge in [0, 0.05) is 29.8 Å². The fourth-order valence-electron chi connectivity index (χ4n) is 5.02. The molecule has 0 bridgehead atoms. The van der Waals surface area contributed by atoms with E-state index in [1.54, 1.807) is 6.20 Å². The van der Waals surface area contributed by atoms with Crippen LogP contribution in [0, 0.1) is 0 Å². The van der Waals surface area contributed by atoms with Crippen LogP contribution in [0.4, 0.5) is 0 Å². The minimum atomic E-state index is -0.468. The SMILES string of the molecule is O=C(N[C@H]1CCCC[C@@H]1O)c1cc(Cc2ccc(-c3cccnc3)nc2)c2c(n1)CCCC2. The predicted octanol–water partition coefficient (Wildman–Crippen LogP) is 4.04. The third-order valence-corrected chi connectivity index (χ3v) is 6.85. The highest BCUT2D eigenvalue weighted by molar-refractivity contribution is 5.93. The molecule has 0 aliphatic heterocycles. The summed E-state index contributed by atoms with van der Waals surface area (Å²) in [5.74, 6) is -0.180. The van der Waals surface area contributed by atoms with E-state index in [0.717, 1.165) is 85.9 Å². The molecule has 2 N–H and O–H groups in total. The average Bonchev–Trinajstić information content (AvgIpc) is 2.86. The number of aromatic nitrogens is 3. The van der Waals surface area contributed by atoms with E-state index in [0.29, 0.717) is 5.69 Å². The van der Waals surface area contributed by atoms with Crippen molar-refractivity contribution >= 4 is 5.91 Å². The van der Waals surface area contributed by atoms with E-state index in [4.69, 9.17) is 4.98 Å². The normalized spacial score (nSPS) is 20.2. The summed E-state index contributed by atoms with van der Waals surface area (Å²) in [6.45, 7) is 0.